The average Bonchev–Trinajstić information content (AvgIpc) is 2.26. The molecule has 2 rings (SSSR count). The van der Waals surface area contributed by atoms with E-state index in [9.17, 15) is 8.42 Å². The van der Waals surface area contributed by atoms with E-state index >= 15 is 0 Å². The molecule has 0 saturated carbocycles. The lowest BCUT2D eigenvalue weighted by molar-refractivity contribution is 0.249. The van der Waals surface area contributed by atoms with Crippen molar-refractivity contribution >= 4 is 20.9 Å². The van der Waals surface area contributed by atoms with Crippen LogP contribution in [0.15, 0.2) is 47.4 Å². The van der Waals surface area contributed by atoms with Gasteiger partial charge in [-0.15, -0.1) is 0 Å². The van der Waals surface area contributed by atoms with Gasteiger partial charge in [-0.2, -0.15) is 8.42 Å². The molecule has 0 heterocycles. The molecule has 0 bridgehead atoms. The number of hydrogen-bond acceptors (Lipinski definition) is 3. The van der Waals surface area contributed by atoms with E-state index in [1.807, 2.05) is 24.3 Å². The molecule has 0 aliphatic carbocycles. The standard InChI is InChI=1S/C13H14O3S/c1-10(2)16-17(14,15)13-9-5-7-11-6-3-4-8-12(11)13/h3-10H,1-2H3. The molecule has 0 aromatic heterocycles. The van der Waals surface area contributed by atoms with Gasteiger partial charge >= 0.3 is 0 Å². The zero-order chi connectivity index (χ0) is 12.5. The van der Waals surface area contributed by atoms with Crippen molar-refractivity contribution in [1.29, 1.82) is 0 Å². The van der Waals surface area contributed by atoms with Crippen LogP contribution in [0, 0.1) is 0 Å². The molecular weight excluding hydrogens is 236 g/mol. The Morgan fingerprint density at radius 1 is 1.00 bits per heavy atom. The first-order valence-corrected chi connectivity index (χ1v) is 6.82. The molecule has 3 nitrogen and oxygen atoms in total. The molecule has 0 atom stereocenters. The Kier molecular flexibility index (Phi) is 3.17. The summed E-state index contributed by atoms with van der Waals surface area (Å²) in [7, 11) is -3.69. The molecule has 17 heavy (non-hydrogen) atoms. The maximum atomic E-state index is 12.0. The lowest BCUT2D eigenvalue weighted by Crippen LogP contribution is -2.12. The van der Waals surface area contributed by atoms with Crippen LogP contribution in [0.3, 0.4) is 0 Å². The molecule has 0 spiro atoms. The highest BCUT2D eigenvalue weighted by atomic mass is 32.2. The van der Waals surface area contributed by atoms with E-state index in [0.29, 0.717) is 5.39 Å². The third-order valence-electron chi connectivity index (χ3n) is 2.34. The highest BCUT2D eigenvalue weighted by molar-refractivity contribution is 7.87. The fourth-order valence-corrected chi connectivity index (χ4v) is 3.03. The molecule has 90 valence electrons. The minimum atomic E-state index is -3.69. The molecule has 0 N–H and O–H groups in total. The second-order valence-corrected chi connectivity index (χ2v) is 5.62. The molecule has 4 heteroatoms. The Balaban J connectivity index is 2.63. The van der Waals surface area contributed by atoms with Gasteiger partial charge in [0.1, 0.15) is 4.90 Å². The summed E-state index contributed by atoms with van der Waals surface area (Å²) in [6, 6.07) is 12.5. The topological polar surface area (TPSA) is 43.4 Å². The summed E-state index contributed by atoms with van der Waals surface area (Å²) in [5.74, 6) is 0. The van der Waals surface area contributed by atoms with Gasteiger partial charge in [0.05, 0.1) is 6.10 Å². The smallest absolute Gasteiger partial charge is 0.264 e. The van der Waals surface area contributed by atoms with Gasteiger partial charge in [0.25, 0.3) is 10.1 Å². The lowest BCUT2D eigenvalue weighted by Gasteiger charge is -2.10. The first kappa shape index (κ1) is 12.1. The van der Waals surface area contributed by atoms with E-state index < -0.39 is 10.1 Å². The summed E-state index contributed by atoms with van der Waals surface area (Å²) in [6.45, 7) is 3.39. The Hall–Kier alpha value is -1.39. The van der Waals surface area contributed by atoms with Gasteiger partial charge in [-0.3, -0.25) is 4.18 Å². The van der Waals surface area contributed by atoms with Crippen molar-refractivity contribution in [3.05, 3.63) is 42.5 Å². The van der Waals surface area contributed by atoms with Crippen molar-refractivity contribution in [3.8, 4) is 0 Å². The van der Waals surface area contributed by atoms with Crippen molar-refractivity contribution in [2.24, 2.45) is 0 Å². The van der Waals surface area contributed by atoms with Gasteiger partial charge in [0.15, 0.2) is 0 Å². The van der Waals surface area contributed by atoms with Gasteiger partial charge in [0.2, 0.25) is 0 Å². The molecule has 2 aromatic carbocycles. The Morgan fingerprint density at radius 2 is 1.65 bits per heavy atom. The zero-order valence-corrected chi connectivity index (χ0v) is 10.6. The van der Waals surface area contributed by atoms with Crippen molar-refractivity contribution in [2.75, 3.05) is 0 Å². The summed E-state index contributed by atoms with van der Waals surface area (Å²) in [5, 5.41) is 1.58. The Morgan fingerprint density at radius 3 is 2.35 bits per heavy atom. The number of fused-ring (bicyclic) bond motifs is 1. The summed E-state index contributed by atoms with van der Waals surface area (Å²) >= 11 is 0. The molecule has 0 aliphatic rings. The largest absolute Gasteiger partial charge is 0.297 e. The maximum Gasteiger partial charge on any atom is 0.297 e. The molecule has 0 unspecified atom stereocenters. The van der Waals surface area contributed by atoms with E-state index in [1.54, 1.807) is 32.0 Å². The molecule has 0 aliphatic heterocycles. The van der Waals surface area contributed by atoms with E-state index in [1.165, 1.54) is 0 Å². The number of rotatable bonds is 3. The van der Waals surface area contributed by atoms with E-state index in [4.69, 9.17) is 4.18 Å². The van der Waals surface area contributed by atoms with Gasteiger partial charge < -0.3 is 0 Å². The quantitative estimate of drug-likeness (QED) is 0.787. The van der Waals surface area contributed by atoms with Gasteiger partial charge in [-0.05, 0) is 25.3 Å². The highest BCUT2D eigenvalue weighted by Gasteiger charge is 2.19. The van der Waals surface area contributed by atoms with Gasteiger partial charge in [0, 0.05) is 5.39 Å². The summed E-state index contributed by atoms with van der Waals surface area (Å²) in [5.41, 5.74) is 0. The summed E-state index contributed by atoms with van der Waals surface area (Å²) in [6.07, 6.45) is -0.362. The molecule has 0 saturated heterocycles. The van der Waals surface area contributed by atoms with Crippen LogP contribution >= 0.6 is 0 Å². The SMILES string of the molecule is CC(C)OS(=O)(=O)c1cccc2ccccc12. The molecule has 0 amide bonds. The van der Waals surface area contributed by atoms with Crippen molar-refractivity contribution in [2.45, 2.75) is 24.8 Å². The van der Waals surface area contributed by atoms with Crippen LogP contribution in [0.1, 0.15) is 13.8 Å². The number of benzene rings is 2. The maximum absolute atomic E-state index is 12.0. The van der Waals surface area contributed by atoms with E-state index in [0.717, 1.165) is 5.39 Å². The molecular formula is C13H14O3S. The zero-order valence-electron chi connectivity index (χ0n) is 9.75. The minimum Gasteiger partial charge on any atom is -0.264 e. The molecule has 0 radical (unpaired) electrons. The monoisotopic (exact) mass is 250 g/mol. The van der Waals surface area contributed by atoms with E-state index in [2.05, 4.69) is 0 Å². The number of hydrogen-bond donors (Lipinski definition) is 0. The van der Waals surface area contributed by atoms with E-state index in [-0.39, 0.29) is 11.0 Å². The summed E-state index contributed by atoms with van der Waals surface area (Å²) < 4.78 is 29.1. The second kappa shape index (κ2) is 4.47. The normalized spacial score (nSPS) is 12.2. The van der Waals surface area contributed by atoms with Crippen LogP contribution in [-0.2, 0) is 14.3 Å². The van der Waals surface area contributed by atoms with Crippen LogP contribution in [-0.4, -0.2) is 14.5 Å². The van der Waals surface area contributed by atoms with Crippen molar-refractivity contribution in [1.82, 2.24) is 0 Å². The third-order valence-corrected chi connectivity index (χ3v) is 3.87. The predicted molar refractivity (Wildman–Crippen MR) is 67.4 cm³/mol. The van der Waals surface area contributed by atoms with Gasteiger partial charge in [-0.1, -0.05) is 36.4 Å². The fraction of sp³-hybridized carbons (Fsp3) is 0.231. The molecule has 0 fully saturated rings. The first-order valence-electron chi connectivity index (χ1n) is 5.42. The summed E-state index contributed by atoms with van der Waals surface area (Å²) in [4.78, 5) is 0.226. The average molecular weight is 250 g/mol. The Labute approximate surface area is 101 Å². The lowest BCUT2D eigenvalue weighted by atomic mass is 10.1. The predicted octanol–water partition coefficient (Wildman–Crippen LogP) is 2.95. The van der Waals surface area contributed by atoms with Crippen LogP contribution in [0.25, 0.3) is 10.8 Å². The van der Waals surface area contributed by atoms with Crippen LogP contribution < -0.4 is 0 Å². The fourth-order valence-electron chi connectivity index (χ4n) is 1.72. The van der Waals surface area contributed by atoms with Crippen LogP contribution in [0.5, 0.6) is 0 Å². The molecule has 2 aromatic rings. The van der Waals surface area contributed by atoms with Crippen molar-refractivity contribution in [3.63, 3.8) is 0 Å². The Bertz CT molecular complexity index is 625. The minimum absolute atomic E-state index is 0.226. The second-order valence-electron chi connectivity index (χ2n) is 4.08. The third kappa shape index (κ3) is 2.48. The van der Waals surface area contributed by atoms with Crippen LogP contribution in [0.2, 0.25) is 0 Å². The van der Waals surface area contributed by atoms with Crippen LogP contribution in [0.4, 0.5) is 0 Å². The van der Waals surface area contributed by atoms with Crippen molar-refractivity contribution < 1.29 is 12.6 Å². The first-order chi connectivity index (χ1) is 8.00. The highest BCUT2D eigenvalue weighted by Crippen LogP contribution is 2.24. The van der Waals surface area contributed by atoms with Gasteiger partial charge in [-0.25, -0.2) is 0 Å².